The molecule has 0 saturated heterocycles. The molecule has 3 rings (SSSR count). The Morgan fingerprint density at radius 1 is 0.950 bits per heavy atom. The van der Waals surface area contributed by atoms with Crippen molar-refractivity contribution in [3.05, 3.63) is 66.0 Å². The first-order chi connectivity index (χ1) is 9.81. The Morgan fingerprint density at radius 3 is 2.45 bits per heavy atom. The number of nitrogens with zero attached hydrogens (tertiary/aromatic N) is 1. The Kier molecular flexibility index (Phi) is 3.63. The highest BCUT2D eigenvalue weighted by atomic mass is 19.1. The van der Waals surface area contributed by atoms with Crippen molar-refractivity contribution in [1.82, 2.24) is 5.43 Å². The van der Waals surface area contributed by atoms with Crippen LogP contribution in [0.2, 0.25) is 0 Å². The van der Waals surface area contributed by atoms with Gasteiger partial charge < -0.3 is 0 Å². The Bertz CT molecular complexity index is 593. The Hall–Kier alpha value is -2.36. The molecule has 0 aliphatic carbocycles. The fraction of sp³-hybridized carbons (Fsp3) is 0.188. The molecule has 0 fully saturated rings. The number of benzene rings is 2. The Morgan fingerprint density at radius 2 is 1.70 bits per heavy atom. The maximum atomic E-state index is 12.8. The summed E-state index contributed by atoms with van der Waals surface area (Å²) in [6.07, 6.45) is 1.92. The molecule has 2 aromatic rings. The molecule has 1 aliphatic rings. The minimum atomic E-state index is -0.238. The summed E-state index contributed by atoms with van der Waals surface area (Å²) in [5.74, 6) is 0.695. The largest absolute Gasteiger partial charge is 0.300 e. The third-order valence-corrected chi connectivity index (χ3v) is 3.35. The van der Waals surface area contributed by atoms with Gasteiger partial charge in [0.25, 0.3) is 0 Å². The Labute approximate surface area is 117 Å². The highest BCUT2D eigenvalue weighted by Crippen LogP contribution is 2.27. The van der Waals surface area contributed by atoms with E-state index in [0.29, 0.717) is 0 Å². The number of aliphatic imine (C=N–C) groups is 1. The van der Waals surface area contributed by atoms with Crippen molar-refractivity contribution < 1.29 is 4.39 Å². The van der Waals surface area contributed by atoms with E-state index in [0.717, 1.165) is 24.4 Å². The molecule has 0 amide bonds. The fourth-order valence-electron chi connectivity index (χ4n) is 2.28. The minimum absolute atomic E-state index is 0.230. The van der Waals surface area contributed by atoms with Crippen molar-refractivity contribution in [3.8, 4) is 0 Å². The second-order valence-electron chi connectivity index (χ2n) is 4.80. The smallest absolute Gasteiger partial charge is 0.123 e. The zero-order valence-corrected chi connectivity index (χ0v) is 11.0. The van der Waals surface area contributed by atoms with Gasteiger partial charge in [-0.25, -0.2) is 4.39 Å². The van der Waals surface area contributed by atoms with E-state index in [2.05, 4.69) is 28.0 Å². The molecule has 0 radical (unpaired) electrons. The molecule has 1 unspecified atom stereocenters. The molecule has 1 heterocycles. The molecular formula is C16H16FN3. The first kappa shape index (κ1) is 12.7. The molecule has 0 spiro atoms. The van der Waals surface area contributed by atoms with Crippen molar-refractivity contribution in [2.45, 2.75) is 18.9 Å². The minimum Gasteiger partial charge on any atom is -0.300 e. The lowest BCUT2D eigenvalue weighted by molar-refractivity contribution is 0.628. The van der Waals surface area contributed by atoms with Crippen LogP contribution in [0, 0.1) is 5.82 Å². The van der Waals surface area contributed by atoms with E-state index < -0.39 is 0 Å². The summed E-state index contributed by atoms with van der Waals surface area (Å²) in [5, 5.41) is 0. The van der Waals surface area contributed by atoms with Gasteiger partial charge in [-0.15, -0.1) is 0 Å². The molecule has 0 bridgehead atoms. The molecule has 0 saturated carbocycles. The normalized spacial score (nSPS) is 17.6. The highest BCUT2D eigenvalue weighted by Gasteiger charge is 2.18. The second-order valence-corrected chi connectivity index (χ2v) is 4.80. The number of anilines is 1. The van der Waals surface area contributed by atoms with Crippen LogP contribution in [0.3, 0.4) is 0 Å². The second kappa shape index (κ2) is 5.74. The average Bonchev–Trinajstić information content (AvgIpc) is 2.97. The third-order valence-electron chi connectivity index (χ3n) is 3.35. The Balaban J connectivity index is 1.60. The van der Waals surface area contributed by atoms with Crippen molar-refractivity contribution in [2.24, 2.45) is 4.99 Å². The highest BCUT2D eigenvalue weighted by molar-refractivity contribution is 5.85. The van der Waals surface area contributed by atoms with Gasteiger partial charge in [0.2, 0.25) is 0 Å². The SMILES string of the molecule is Fc1ccc(NNC2=NC(c3ccccc3)CC2)cc1. The predicted octanol–water partition coefficient (Wildman–Crippen LogP) is 3.68. The monoisotopic (exact) mass is 269 g/mol. The molecule has 1 atom stereocenters. The van der Waals surface area contributed by atoms with Crippen LogP contribution in [0.15, 0.2) is 59.6 Å². The summed E-state index contributed by atoms with van der Waals surface area (Å²) < 4.78 is 12.8. The lowest BCUT2D eigenvalue weighted by Gasteiger charge is -2.09. The van der Waals surface area contributed by atoms with Gasteiger partial charge in [-0.3, -0.25) is 15.8 Å². The van der Waals surface area contributed by atoms with E-state index in [1.807, 2.05) is 18.2 Å². The predicted molar refractivity (Wildman–Crippen MR) is 79.0 cm³/mol. The van der Waals surface area contributed by atoms with Crippen LogP contribution >= 0.6 is 0 Å². The first-order valence-electron chi connectivity index (χ1n) is 6.70. The van der Waals surface area contributed by atoms with Crippen molar-refractivity contribution in [3.63, 3.8) is 0 Å². The van der Waals surface area contributed by atoms with Crippen LogP contribution in [0.1, 0.15) is 24.4 Å². The molecule has 4 heteroatoms. The number of nitrogens with one attached hydrogen (secondary N) is 2. The average molecular weight is 269 g/mol. The van der Waals surface area contributed by atoms with Gasteiger partial charge in [-0.05, 0) is 36.2 Å². The zero-order valence-electron chi connectivity index (χ0n) is 11.0. The van der Waals surface area contributed by atoms with Crippen molar-refractivity contribution in [1.29, 1.82) is 0 Å². The summed E-state index contributed by atoms with van der Waals surface area (Å²) >= 11 is 0. The fourth-order valence-corrected chi connectivity index (χ4v) is 2.28. The maximum absolute atomic E-state index is 12.8. The zero-order chi connectivity index (χ0) is 13.8. The van der Waals surface area contributed by atoms with E-state index in [9.17, 15) is 4.39 Å². The summed E-state index contributed by atoms with van der Waals surface area (Å²) in [5.41, 5.74) is 8.19. The summed E-state index contributed by atoms with van der Waals surface area (Å²) in [6, 6.07) is 16.7. The van der Waals surface area contributed by atoms with Crippen LogP contribution in [0.4, 0.5) is 10.1 Å². The summed E-state index contributed by atoms with van der Waals surface area (Å²) in [4.78, 5) is 4.66. The molecule has 3 nitrogen and oxygen atoms in total. The van der Waals surface area contributed by atoms with Gasteiger partial charge in [-0.2, -0.15) is 0 Å². The maximum Gasteiger partial charge on any atom is 0.123 e. The van der Waals surface area contributed by atoms with Crippen LogP contribution in [0.25, 0.3) is 0 Å². The quantitative estimate of drug-likeness (QED) is 0.834. The molecule has 0 aromatic heterocycles. The van der Waals surface area contributed by atoms with E-state index >= 15 is 0 Å². The van der Waals surface area contributed by atoms with Gasteiger partial charge in [-0.1, -0.05) is 30.3 Å². The van der Waals surface area contributed by atoms with Gasteiger partial charge >= 0.3 is 0 Å². The molecular weight excluding hydrogens is 253 g/mol. The number of hydrazine groups is 1. The van der Waals surface area contributed by atoms with Gasteiger partial charge in [0.05, 0.1) is 11.7 Å². The number of hydrogen-bond donors (Lipinski definition) is 2. The van der Waals surface area contributed by atoms with E-state index in [1.165, 1.54) is 17.7 Å². The lowest BCUT2D eigenvalue weighted by atomic mass is 10.1. The number of rotatable bonds is 3. The van der Waals surface area contributed by atoms with E-state index in [-0.39, 0.29) is 11.9 Å². The molecule has 102 valence electrons. The van der Waals surface area contributed by atoms with Crippen molar-refractivity contribution >= 4 is 11.5 Å². The van der Waals surface area contributed by atoms with E-state index in [1.54, 1.807) is 12.1 Å². The van der Waals surface area contributed by atoms with Crippen LogP contribution in [0.5, 0.6) is 0 Å². The lowest BCUT2D eigenvalue weighted by Crippen LogP contribution is -2.27. The molecule has 1 aliphatic heterocycles. The number of hydrogen-bond acceptors (Lipinski definition) is 3. The standard InChI is InChI=1S/C16H16FN3/c17-13-6-8-14(9-7-13)19-20-16-11-10-15(18-16)12-4-2-1-3-5-12/h1-9,15,19H,10-11H2,(H,18,20). The van der Waals surface area contributed by atoms with Crippen LogP contribution < -0.4 is 10.9 Å². The van der Waals surface area contributed by atoms with Gasteiger partial charge in [0.1, 0.15) is 11.7 Å². The number of halogens is 1. The third kappa shape index (κ3) is 2.96. The van der Waals surface area contributed by atoms with Gasteiger partial charge in [0.15, 0.2) is 0 Å². The molecule has 20 heavy (non-hydrogen) atoms. The topological polar surface area (TPSA) is 36.4 Å². The van der Waals surface area contributed by atoms with Gasteiger partial charge in [0, 0.05) is 6.42 Å². The van der Waals surface area contributed by atoms with Crippen LogP contribution in [-0.4, -0.2) is 5.84 Å². The summed E-state index contributed by atoms with van der Waals surface area (Å²) in [7, 11) is 0. The number of amidine groups is 1. The van der Waals surface area contributed by atoms with E-state index in [4.69, 9.17) is 0 Å². The molecule has 2 aromatic carbocycles. The van der Waals surface area contributed by atoms with Crippen molar-refractivity contribution in [2.75, 3.05) is 5.43 Å². The first-order valence-corrected chi connectivity index (χ1v) is 6.70. The molecule has 2 N–H and O–H groups in total. The summed E-state index contributed by atoms with van der Waals surface area (Å²) in [6.45, 7) is 0. The van der Waals surface area contributed by atoms with Crippen LogP contribution in [-0.2, 0) is 0 Å².